The summed E-state index contributed by atoms with van der Waals surface area (Å²) in [4.78, 5) is 10.8. The minimum absolute atomic E-state index is 0.200. The summed E-state index contributed by atoms with van der Waals surface area (Å²) in [5.74, 6) is -0.278. The first kappa shape index (κ1) is 13.1. The number of hydrogen-bond acceptors (Lipinski definition) is 4. The van der Waals surface area contributed by atoms with Crippen molar-refractivity contribution < 1.29 is 19.0 Å². The molecule has 1 atom stereocenters. The third kappa shape index (κ3) is 3.55. The van der Waals surface area contributed by atoms with Crippen molar-refractivity contribution in [3.63, 3.8) is 0 Å². The monoisotopic (exact) mass is 250 g/mol. The number of carbonyl (C=O) groups is 1. The van der Waals surface area contributed by atoms with E-state index in [4.69, 9.17) is 14.2 Å². The summed E-state index contributed by atoms with van der Waals surface area (Å²) in [6.45, 7) is 4.31. The van der Waals surface area contributed by atoms with Crippen molar-refractivity contribution in [3.8, 4) is 0 Å². The molecule has 98 valence electrons. The lowest BCUT2D eigenvalue weighted by atomic mass is 10.1. The predicted octanol–water partition coefficient (Wildman–Crippen LogP) is 2.40. The van der Waals surface area contributed by atoms with E-state index in [0.29, 0.717) is 19.6 Å². The maximum Gasteiger partial charge on any atom is 0.302 e. The number of hydrogen-bond donors (Lipinski definition) is 0. The second-order valence-electron chi connectivity index (χ2n) is 4.48. The minimum atomic E-state index is -0.327. The number of benzene rings is 1. The first-order valence-electron chi connectivity index (χ1n) is 6.12. The molecular weight excluding hydrogens is 232 g/mol. The zero-order chi connectivity index (χ0) is 13.0. The Kier molecular flexibility index (Phi) is 4.33. The third-order valence-corrected chi connectivity index (χ3v) is 2.86. The molecule has 4 heteroatoms. The maximum absolute atomic E-state index is 10.8. The maximum atomic E-state index is 10.8. The van der Waals surface area contributed by atoms with Crippen molar-refractivity contribution in [1.29, 1.82) is 0 Å². The fourth-order valence-electron chi connectivity index (χ4n) is 1.99. The second kappa shape index (κ2) is 5.98. The quantitative estimate of drug-likeness (QED) is 0.773. The minimum Gasteiger partial charge on any atom is -0.463 e. The number of fused-ring (bicyclic) bond motifs is 1. The molecular formula is C14H18O4. The molecule has 0 saturated carbocycles. The fraction of sp³-hybridized carbons (Fsp3) is 0.500. The van der Waals surface area contributed by atoms with Crippen molar-refractivity contribution in [3.05, 3.63) is 35.4 Å². The smallest absolute Gasteiger partial charge is 0.302 e. The first-order valence-corrected chi connectivity index (χ1v) is 6.12. The van der Waals surface area contributed by atoms with Gasteiger partial charge in [-0.25, -0.2) is 0 Å². The Morgan fingerprint density at radius 1 is 1.33 bits per heavy atom. The van der Waals surface area contributed by atoms with E-state index in [0.717, 1.165) is 11.1 Å². The molecule has 0 N–H and O–H groups in total. The number of carbonyl (C=O) groups excluding carboxylic acids is 1. The lowest BCUT2D eigenvalue weighted by Crippen LogP contribution is -2.23. The van der Waals surface area contributed by atoms with E-state index in [-0.39, 0.29) is 18.4 Å². The number of ether oxygens (including phenoxy) is 3. The molecule has 2 rings (SSSR count). The highest BCUT2D eigenvalue weighted by atomic mass is 16.7. The summed E-state index contributed by atoms with van der Waals surface area (Å²) in [7, 11) is 0. The molecule has 1 heterocycles. The average molecular weight is 250 g/mol. The molecule has 0 aromatic heterocycles. The molecule has 1 aromatic rings. The van der Waals surface area contributed by atoms with Crippen LogP contribution >= 0.6 is 0 Å². The van der Waals surface area contributed by atoms with Gasteiger partial charge in [-0.3, -0.25) is 4.79 Å². The number of esters is 1. The van der Waals surface area contributed by atoms with Gasteiger partial charge in [0.05, 0.1) is 13.2 Å². The lowest BCUT2D eigenvalue weighted by molar-refractivity contribution is -0.173. The second-order valence-corrected chi connectivity index (χ2v) is 4.48. The molecule has 0 spiro atoms. The molecule has 1 aliphatic heterocycles. The summed E-state index contributed by atoms with van der Waals surface area (Å²) >= 11 is 0. The van der Waals surface area contributed by atoms with Gasteiger partial charge in [-0.15, -0.1) is 0 Å². The predicted molar refractivity (Wildman–Crippen MR) is 65.7 cm³/mol. The van der Waals surface area contributed by atoms with Crippen molar-refractivity contribution in [2.24, 2.45) is 0 Å². The molecule has 1 aromatic carbocycles. The van der Waals surface area contributed by atoms with Crippen LogP contribution < -0.4 is 0 Å². The van der Waals surface area contributed by atoms with E-state index in [1.165, 1.54) is 6.92 Å². The van der Waals surface area contributed by atoms with Crippen molar-refractivity contribution in [1.82, 2.24) is 0 Å². The van der Waals surface area contributed by atoms with Gasteiger partial charge in [0.1, 0.15) is 6.10 Å². The Hall–Kier alpha value is -1.39. The van der Waals surface area contributed by atoms with Crippen LogP contribution in [0.2, 0.25) is 0 Å². The van der Waals surface area contributed by atoms with Gasteiger partial charge in [0.2, 0.25) is 0 Å². The highest BCUT2D eigenvalue weighted by molar-refractivity contribution is 5.66. The van der Waals surface area contributed by atoms with Crippen LogP contribution in [-0.2, 0) is 32.2 Å². The van der Waals surface area contributed by atoms with Crippen LogP contribution in [-0.4, -0.2) is 18.4 Å². The normalized spacial score (nSPS) is 17.7. The standard InChI is InChI=1S/C14H18O4/c1-10(18-11(2)15)7-14-16-8-12-5-3-4-6-13(12)9-17-14/h3-6,10,14H,7-9H2,1-2H3/t10-/m1/s1. The summed E-state index contributed by atoms with van der Waals surface area (Å²) < 4.78 is 16.4. The van der Waals surface area contributed by atoms with Gasteiger partial charge < -0.3 is 14.2 Å². The largest absolute Gasteiger partial charge is 0.463 e. The summed E-state index contributed by atoms with van der Waals surface area (Å²) in [5.41, 5.74) is 2.31. The lowest BCUT2D eigenvalue weighted by Gasteiger charge is -2.19. The van der Waals surface area contributed by atoms with Crippen LogP contribution in [0.4, 0.5) is 0 Å². The van der Waals surface area contributed by atoms with Crippen LogP contribution in [0.25, 0.3) is 0 Å². The molecule has 0 amide bonds. The van der Waals surface area contributed by atoms with Crippen molar-refractivity contribution >= 4 is 5.97 Å². The van der Waals surface area contributed by atoms with E-state index in [1.54, 1.807) is 0 Å². The van der Waals surface area contributed by atoms with Gasteiger partial charge >= 0.3 is 5.97 Å². The zero-order valence-corrected chi connectivity index (χ0v) is 10.7. The Morgan fingerprint density at radius 2 is 1.89 bits per heavy atom. The Morgan fingerprint density at radius 3 is 2.39 bits per heavy atom. The van der Waals surface area contributed by atoms with Crippen molar-refractivity contribution in [2.45, 2.75) is 45.9 Å². The summed E-state index contributed by atoms with van der Waals surface area (Å²) in [5, 5.41) is 0. The molecule has 0 unspecified atom stereocenters. The SMILES string of the molecule is CC(=O)O[C@H](C)CC1OCc2ccccc2CO1. The molecule has 1 aliphatic rings. The topological polar surface area (TPSA) is 44.8 Å². The van der Waals surface area contributed by atoms with Gasteiger partial charge in [0.15, 0.2) is 6.29 Å². The molecule has 0 radical (unpaired) electrons. The number of rotatable bonds is 3. The molecule has 4 nitrogen and oxygen atoms in total. The summed E-state index contributed by atoms with van der Waals surface area (Å²) in [6.07, 6.45) is 0.0218. The summed E-state index contributed by atoms with van der Waals surface area (Å²) in [6, 6.07) is 8.06. The van der Waals surface area contributed by atoms with E-state index in [2.05, 4.69) is 0 Å². The Labute approximate surface area is 107 Å². The van der Waals surface area contributed by atoms with E-state index >= 15 is 0 Å². The highest BCUT2D eigenvalue weighted by Gasteiger charge is 2.20. The molecule has 18 heavy (non-hydrogen) atoms. The highest BCUT2D eigenvalue weighted by Crippen LogP contribution is 2.20. The fourth-order valence-corrected chi connectivity index (χ4v) is 1.99. The molecule has 0 fully saturated rings. The van der Waals surface area contributed by atoms with E-state index in [1.807, 2.05) is 31.2 Å². The van der Waals surface area contributed by atoms with Crippen LogP contribution in [0.3, 0.4) is 0 Å². The van der Waals surface area contributed by atoms with Gasteiger partial charge in [0.25, 0.3) is 0 Å². The Balaban J connectivity index is 1.90. The van der Waals surface area contributed by atoms with E-state index in [9.17, 15) is 4.79 Å². The Bertz CT molecular complexity index is 389. The third-order valence-electron chi connectivity index (χ3n) is 2.86. The van der Waals surface area contributed by atoms with Gasteiger partial charge in [0, 0.05) is 13.3 Å². The van der Waals surface area contributed by atoms with Crippen molar-refractivity contribution in [2.75, 3.05) is 0 Å². The van der Waals surface area contributed by atoms with Crippen LogP contribution in [0.1, 0.15) is 31.4 Å². The van der Waals surface area contributed by atoms with Crippen LogP contribution in [0.15, 0.2) is 24.3 Å². The molecule has 0 bridgehead atoms. The molecule has 0 aliphatic carbocycles. The zero-order valence-electron chi connectivity index (χ0n) is 10.7. The average Bonchev–Trinajstić information content (AvgIpc) is 2.51. The van der Waals surface area contributed by atoms with Crippen LogP contribution in [0, 0.1) is 0 Å². The molecule has 0 saturated heterocycles. The van der Waals surface area contributed by atoms with Crippen LogP contribution in [0.5, 0.6) is 0 Å². The van der Waals surface area contributed by atoms with Gasteiger partial charge in [-0.1, -0.05) is 24.3 Å². The first-order chi connectivity index (χ1) is 8.65. The van der Waals surface area contributed by atoms with E-state index < -0.39 is 0 Å². The van der Waals surface area contributed by atoms with Gasteiger partial charge in [-0.05, 0) is 18.1 Å². The van der Waals surface area contributed by atoms with Gasteiger partial charge in [-0.2, -0.15) is 0 Å².